The zero-order chi connectivity index (χ0) is 21.7. The number of alkyl halides is 2. The normalized spacial score (nSPS) is 14.4. The van der Waals surface area contributed by atoms with Crippen LogP contribution >= 0.6 is 0 Å². The molecule has 2 heterocycles. The Labute approximate surface area is 175 Å². The number of aryl methyl sites for hydroxylation is 1. The Kier molecular flexibility index (Phi) is 7.02. The van der Waals surface area contributed by atoms with Gasteiger partial charge in [0.05, 0.1) is 0 Å². The van der Waals surface area contributed by atoms with Gasteiger partial charge in [0.1, 0.15) is 17.4 Å². The van der Waals surface area contributed by atoms with Crippen LogP contribution < -0.4 is 15.0 Å². The minimum Gasteiger partial charge on any atom is -0.434 e. The number of aromatic nitrogens is 2. The second-order valence-corrected chi connectivity index (χ2v) is 7.50. The molecule has 0 atom stereocenters. The first-order valence-electron chi connectivity index (χ1n) is 9.99. The Balaban J connectivity index is 1.55. The molecule has 30 heavy (non-hydrogen) atoms. The van der Waals surface area contributed by atoms with Crippen molar-refractivity contribution in [2.24, 2.45) is 0 Å². The average Bonchev–Trinajstić information content (AvgIpc) is 2.72. The monoisotopic (exact) mass is 419 g/mol. The van der Waals surface area contributed by atoms with Gasteiger partial charge in [0.25, 0.3) is 0 Å². The molecule has 162 valence electrons. The Bertz CT molecular complexity index is 870. The Morgan fingerprint density at radius 2 is 1.87 bits per heavy atom. The number of amides is 2. The number of hydrogen-bond donors (Lipinski definition) is 1. The summed E-state index contributed by atoms with van der Waals surface area (Å²) < 4.78 is 29.6. The first kappa shape index (κ1) is 21.7. The molecule has 1 aliphatic rings. The topological polar surface area (TPSA) is 70.6 Å². The third-order valence-corrected chi connectivity index (χ3v) is 4.88. The zero-order valence-electron chi connectivity index (χ0n) is 17.4. The molecule has 7 nitrogen and oxygen atoms in total. The van der Waals surface area contributed by atoms with Gasteiger partial charge in [-0.25, -0.2) is 14.8 Å². The predicted molar refractivity (Wildman–Crippen MR) is 110 cm³/mol. The van der Waals surface area contributed by atoms with E-state index in [1.54, 1.807) is 23.1 Å². The Morgan fingerprint density at radius 3 is 2.53 bits per heavy atom. The molecule has 2 amide bonds. The maximum Gasteiger partial charge on any atom is 0.387 e. The van der Waals surface area contributed by atoms with Crippen molar-refractivity contribution in [1.82, 2.24) is 20.2 Å². The fourth-order valence-electron chi connectivity index (χ4n) is 3.28. The molecule has 0 saturated carbocycles. The second kappa shape index (κ2) is 9.69. The number of carbonyl (C=O) groups is 1. The molecule has 0 spiro atoms. The smallest absolute Gasteiger partial charge is 0.387 e. The van der Waals surface area contributed by atoms with Crippen LogP contribution in [0.5, 0.6) is 5.75 Å². The first-order chi connectivity index (χ1) is 14.3. The molecule has 0 bridgehead atoms. The van der Waals surface area contributed by atoms with E-state index in [9.17, 15) is 13.6 Å². The van der Waals surface area contributed by atoms with Crippen molar-refractivity contribution in [2.75, 3.05) is 31.1 Å². The number of nitrogens with zero attached hydrogens (tertiary/aromatic N) is 4. The molecule has 0 unspecified atom stereocenters. The highest BCUT2D eigenvalue weighted by Crippen LogP contribution is 2.21. The van der Waals surface area contributed by atoms with Gasteiger partial charge in [-0.15, -0.1) is 0 Å². The summed E-state index contributed by atoms with van der Waals surface area (Å²) in [6.45, 7) is 5.69. The van der Waals surface area contributed by atoms with Crippen molar-refractivity contribution >= 4 is 11.8 Å². The first-order valence-corrected chi connectivity index (χ1v) is 9.99. The van der Waals surface area contributed by atoms with Gasteiger partial charge in [-0.3, -0.25) is 0 Å². The number of rotatable bonds is 6. The molecule has 1 aromatic heterocycles. The number of para-hydroxylation sites is 1. The van der Waals surface area contributed by atoms with Crippen molar-refractivity contribution in [1.29, 1.82) is 0 Å². The lowest BCUT2D eigenvalue weighted by Gasteiger charge is -2.35. The summed E-state index contributed by atoms with van der Waals surface area (Å²) in [7, 11) is 0. The summed E-state index contributed by atoms with van der Waals surface area (Å²) in [5.74, 6) is 2.00. The average molecular weight is 419 g/mol. The van der Waals surface area contributed by atoms with Gasteiger partial charge in [0, 0.05) is 56.0 Å². The largest absolute Gasteiger partial charge is 0.434 e. The van der Waals surface area contributed by atoms with E-state index in [4.69, 9.17) is 0 Å². The van der Waals surface area contributed by atoms with Crippen LogP contribution in [0.3, 0.4) is 0 Å². The lowest BCUT2D eigenvalue weighted by Crippen LogP contribution is -2.52. The Hall–Kier alpha value is -2.97. The molecular weight excluding hydrogens is 392 g/mol. The molecule has 0 radical (unpaired) electrons. The van der Waals surface area contributed by atoms with E-state index in [0.29, 0.717) is 31.7 Å². The summed E-state index contributed by atoms with van der Waals surface area (Å²) in [4.78, 5) is 25.5. The predicted octanol–water partition coefficient (Wildman–Crippen LogP) is 3.54. The molecule has 1 aliphatic heterocycles. The number of benzene rings is 1. The highest BCUT2D eigenvalue weighted by atomic mass is 19.3. The third kappa shape index (κ3) is 5.55. The summed E-state index contributed by atoms with van der Waals surface area (Å²) in [5, 5.41) is 2.79. The number of ether oxygens (including phenoxy) is 1. The molecule has 1 saturated heterocycles. The third-order valence-electron chi connectivity index (χ3n) is 4.88. The molecule has 2 aromatic rings. The number of urea groups is 1. The summed E-state index contributed by atoms with van der Waals surface area (Å²) in [6, 6.07) is 8.17. The van der Waals surface area contributed by atoms with E-state index in [1.807, 2.05) is 13.0 Å². The lowest BCUT2D eigenvalue weighted by molar-refractivity contribution is -0.0504. The van der Waals surface area contributed by atoms with Crippen LogP contribution in [0.15, 0.2) is 30.3 Å². The minimum absolute atomic E-state index is 0.0673. The molecule has 0 aliphatic carbocycles. The second-order valence-electron chi connectivity index (χ2n) is 7.50. The number of piperazine rings is 1. The summed E-state index contributed by atoms with van der Waals surface area (Å²) >= 11 is 0. The fraction of sp³-hybridized carbons (Fsp3) is 0.476. The molecule has 1 fully saturated rings. The number of carbonyl (C=O) groups excluding carboxylic acids is 1. The van der Waals surface area contributed by atoms with Gasteiger partial charge in [-0.2, -0.15) is 8.78 Å². The standard InChI is InChI=1S/C21H27F2N5O2/c1-14(2)19-25-15(3)12-18(26-19)27-8-10-28(11-9-27)21(29)24-13-16-6-4-5-7-17(16)30-20(22)23/h4-7,12,14,20H,8-11,13H2,1-3H3,(H,24,29). The summed E-state index contributed by atoms with van der Waals surface area (Å²) in [5.41, 5.74) is 1.43. The van der Waals surface area contributed by atoms with Gasteiger partial charge in [0.15, 0.2) is 0 Å². The van der Waals surface area contributed by atoms with Gasteiger partial charge >= 0.3 is 12.6 Å². The minimum atomic E-state index is -2.91. The highest BCUT2D eigenvalue weighted by molar-refractivity contribution is 5.74. The quantitative estimate of drug-likeness (QED) is 0.776. The number of hydrogen-bond acceptors (Lipinski definition) is 5. The van der Waals surface area contributed by atoms with Crippen molar-refractivity contribution < 1.29 is 18.3 Å². The van der Waals surface area contributed by atoms with E-state index < -0.39 is 6.61 Å². The van der Waals surface area contributed by atoms with Crippen LogP contribution in [0.25, 0.3) is 0 Å². The van der Waals surface area contributed by atoms with Gasteiger partial charge in [-0.05, 0) is 13.0 Å². The van der Waals surface area contributed by atoms with Crippen molar-refractivity contribution in [2.45, 2.75) is 39.8 Å². The molecule has 1 N–H and O–H groups in total. The van der Waals surface area contributed by atoms with Crippen LogP contribution in [-0.4, -0.2) is 53.7 Å². The van der Waals surface area contributed by atoms with Crippen molar-refractivity contribution in [3.8, 4) is 5.75 Å². The van der Waals surface area contributed by atoms with E-state index in [1.165, 1.54) is 6.07 Å². The molecular formula is C21H27F2N5O2. The van der Waals surface area contributed by atoms with E-state index >= 15 is 0 Å². The number of anilines is 1. The Morgan fingerprint density at radius 1 is 1.17 bits per heavy atom. The molecule has 9 heteroatoms. The van der Waals surface area contributed by atoms with E-state index in [-0.39, 0.29) is 24.2 Å². The maximum atomic E-state index is 12.5. The zero-order valence-corrected chi connectivity index (χ0v) is 17.4. The highest BCUT2D eigenvalue weighted by Gasteiger charge is 2.23. The maximum absolute atomic E-state index is 12.5. The van der Waals surface area contributed by atoms with Crippen molar-refractivity contribution in [3.05, 3.63) is 47.4 Å². The summed E-state index contributed by atoms with van der Waals surface area (Å²) in [6.07, 6.45) is 0. The van der Waals surface area contributed by atoms with E-state index in [2.05, 4.69) is 38.8 Å². The van der Waals surface area contributed by atoms with Gasteiger partial charge in [-0.1, -0.05) is 32.0 Å². The van der Waals surface area contributed by atoms with E-state index in [0.717, 1.165) is 17.3 Å². The van der Waals surface area contributed by atoms with Crippen LogP contribution in [0.1, 0.15) is 36.8 Å². The van der Waals surface area contributed by atoms with Crippen LogP contribution in [0.2, 0.25) is 0 Å². The number of nitrogens with one attached hydrogen (secondary N) is 1. The van der Waals surface area contributed by atoms with Crippen LogP contribution in [0.4, 0.5) is 19.4 Å². The fourth-order valence-corrected chi connectivity index (χ4v) is 3.28. The molecule has 1 aromatic carbocycles. The van der Waals surface area contributed by atoms with Gasteiger partial charge < -0.3 is 19.9 Å². The van der Waals surface area contributed by atoms with Crippen molar-refractivity contribution in [3.63, 3.8) is 0 Å². The SMILES string of the molecule is Cc1cc(N2CCN(C(=O)NCc3ccccc3OC(F)F)CC2)nc(C(C)C)n1. The number of halogens is 2. The molecule has 3 rings (SSSR count). The van der Waals surface area contributed by atoms with Gasteiger partial charge in [0.2, 0.25) is 0 Å². The van der Waals surface area contributed by atoms with Crippen LogP contribution in [0, 0.1) is 6.92 Å². The lowest BCUT2D eigenvalue weighted by atomic mass is 10.2. The van der Waals surface area contributed by atoms with Crippen LogP contribution in [-0.2, 0) is 6.54 Å².